The zero-order chi connectivity index (χ0) is 15.2. The highest BCUT2D eigenvalue weighted by atomic mass is 19.1. The Hall–Kier alpha value is -1.16. The van der Waals surface area contributed by atoms with Gasteiger partial charge in [0.25, 0.3) is 0 Å². The summed E-state index contributed by atoms with van der Waals surface area (Å²) in [6, 6.07) is 3.15. The van der Waals surface area contributed by atoms with Crippen LogP contribution in [-0.2, 0) is 6.54 Å². The first-order chi connectivity index (χ1) is 10.1. The first-order valence-electron chi connectivity index (χ1n) is 8.05. The molecule has 1 saturated carbocycles. The van der Waals surface area contributed by atoms with E-state index in [0.29, 0.717) is 12.1 Å². The first kappa shape index (κ1) is 16.2. The van der Waals surface area contributed by atoms with Gasteiger partial charge in [-0.1, -0.05) is 32.6 Å². The number of nitrogens with zero attached hydrogens (tertiary/aromatic N) is 1. The fourth-order valence-corrected chi connectivity index (χ4v) is 3.15. The summed E-state index contributed by atoms with van der Waals surface area (Å²) in [7, 11) is 1.82. The highest BCUT2D eigenvalue weighted by Crippen LogP contribution is 2.30. The standard InChI is InChI=1S/C17H26F2N2/c1-3-20-12-13-10-15(18)17(16(19)11-13)21(2)14-8-6-4-5-7-9-14/h10-11,14,20H,3-9,12H2,1-2H3. The summed E-state index contributed by atoms with van der Waals surface area (Å²) in [5.74, 6) is -0.899. The number of hydrogen-bond donors (Lipinski definition) is 1. The van der Waals surface area contributed by atoms with E-state index in [1.807, 2.05) is 18.9 Å². The predicted octanol–water partition coefficient (Wildman–Crippen LogP) is 4.23. The number of rotatable bonds is 5. The summed E-state index contributed by atoms with van der Waals surface area (Å²) < 4.78 is 28.7. The molecule has 21 heavy (non-hydrogen) atoms. The number of benzene rings is 1. The van der Waals surface area contributed by atoms with Crippen molar-refractivity contribution in [2.24, 2.45) is 0 Å². The molecular formula is C17H26F2N2. The number of halogens is 2. The van der Waals surface area contributed by atoms with Gasteiger partial charge >= 0.3 is 0 Å². The third-order valence-corrected chi connectivity index (χ3v) is 4.38. The molecule has 1 aromatic rings. The van der Waals surface area contributed by atoms with Gasteiger partial charge in [0, 0.05) is 19.6 Å². The summed E-state index contributed by atoms with van der Waals surface area (Å²) >= 11 is 0. The van der Waals surface area contributed by atoms with Crippen molar-refractivity contribution in [1.29, 1.82) is 0 Å². The van der Waals surface area contributed by atoms with Crippen LogP contribution in [0.2, 0.25) is 0 Å². The molecule has 0 saturated heterocycles. The van der Waals surface area contributed by atoms with Crippen LogP contribution in [0.25, 0.3) is 0 Å². The average molecular weight is 296 g/mol. The van der Waals surface area contributed by atoms with Gasteiger partial charge in [0.15, 0.2) is 0 Å². The molecule has 1 aliphatic rings. The minimum Gasteiger partial charge on any atom is -0.367 e. The van der Waals surface area contributed by atoms with Crippen LogP contribution in [0, 0.1) is 11.6 Å². The molecule has 0 radical (unpaired) electrons. The van der Waals surface area contributed by atoms with Crippen molar-refractivity contribution >= 4 is 5.69 Å². The molecule has 0 amide bonds. The van der Waals surface area contributed by atoms with Crippen molar-refractivity contribution in [3.8, 4) is 0 Å². The summed E-state index contributed by atoms with van der Waals surface area (Å²) in [4.78, 5) is 1.81. The van der Waals surface area contributed by atoms with Gasteiger partial charge in [-0.2, -0.15) is 0 Å². The van der Waals surface area contributed by atoms with Crippen LogP contribution in [0.15, 0.2) is 12.1 Å². The molecule has 118 valence electrons. The highest BCUT2D eigenvalue weighted by Gasteiger charge is 2.23. The molecular weight excluding hydrogens is 270 g/mol. The Morgan fingerprint density at radius 1 is 1.10 bits per heavy atom. The van der Waals surface area contributed by atoms with Gasteiger partial charge in [-0.05, 0) is 37.1 Å². The van der Waals surface area contributed by atoms with Crippen molar-refractivity contribution < 1.29 is 8.78 Å². The monoisotopic (exact) mass is 296 g/mol. The molecule has 0 unspecified atom stereocenters. The lowest BCUT2D eigenvalue weighted by Gasteiger charge is -2.30. The minimum atomic E-state index is -0.449. The summed E-state index contributed by atoms with van der Waals surface area (Å²) in [6.45, 7) is 3.26. The maximum atomic E-state index is 14.3. The van der Waals surface area contributed by atoms with Crippen molar-refractivity contribution in [2.45, 2.75) is 58.0 Å². The second-order valence-electron chi connectivity index (χ2n) is 5.94. The topological polar surface area (TPSA) is 15.3 Å². The Bertz CT molecular complexity index is 431. The minimum absolute atomic E-state index is 0.127. The summed E-state index contributed by atoms with van der Waals surface area (Å²) in [6.07, 6.45) is 6.81. The van der Waals surface area contributed by atoms with Gasteiger partial charge < -0.3 is 10.2 Å². The quantitative estimate of drug-likeness (QED) is 0.818. The van der Waals surface area contributed by atoms with Crippen LogP contribution in [0.3, 0.4) is 0 Å². The van der Waals surface area contributed by atoms with Crippen LogP contribution < -0.4 is 10.2 Å². The van der Waals surface area contributed by atoms with E-state index >= 15 is 0 Å². The molecule has 1 aromatic carbocycles. The smallest absolute Gasteiger partial charge is 0.149 e. The second kappa shape index (κ2) is 7.74. The predicted molar refractivity (Wildman–Crippen MR) is 83.6 cm³/mol. The Morgan fingerprint density at radius 2 is 1.67 bits per heavy atom. The summed E-state index contributed by atoms with van der Waals surface area (Å²) in [5.41, 5.74) is 0.784. The molecule has 0 spiro atoms. The lowest BCUT2D eigenvalue weighted by atomic mass is 10.1. The molecule has 4 heteroatoms. The Balaban J connectivity index is 2.17. The van der Waals surface area contributed by atoms with E-state index < -0.39 is 11.6 Å². The van der Waals surface area contributed by atoms with Crippen molar-refractivity contribution in [1.82, 2.24) is 5.32 Å². The lowest BCUT2D eigenvalue weighted by Crippen LogP contribution is -2.32. The second-order valence-corrected chi connectivity index (χ2v) is 5.94. The van der Waals surface area contributed by atoms with Gasteiger partial charge in [0.05, 0.1) is 0 Å². The van der Waals surface area contributed by atoms with E-state index in [0.717, 1.165) is 32.2 Å². The van der Waals surface area contributed by atoms with E-state index in [1.165, 1.54) is 25.0 Å². The van der Waals surface area contributed by atoms with E-state index in [2.05, 4.69) is 5.32 Å². The van der Waals surface area contributed by atoms with Crippen molar-refractivity contribution in [3.63, 3.8) is 0 Å². The number of nitrogens with one attached hydrogen (secondary N) is 1. The van der Waals surface area contributed by atoms with Crippen molar-refractivity contribution in [3.05, 3.63) is 29.3 Å². The van der Waals surface area contributed by atoms with Gasteiger partial charge in [-0.3, -0.25) is 0 Å². The molecule has 0 aromatic heterocycles. The Labute approximate surface area is 126 Å². The maximum absolute atomic E-state index is 14.3. The van der Waals surface area contributed by atoms with Crippen LogP contribution in [0.5, 0.6) is 0 Å². The number of anilines is 1. The molecule has 1 N–H and O–H groups in total. The van der Waals surface area contributed by atoms with Crippen LogP contribution in [0.1, 0.15) is 51.0 Å². The van der Waals surface area contributed by atoms with Gasteiger partial charge in [-0.25, -0.2) is 8.78 Å². The molecule has 1 fully saturated rings. The fourth-order valence-electron chi connectivity index (χ4n) is 3.15. The zero-order valence-corrected chi connectivity index (χ0v) is 13.1. The molecule has 1 aliphatic carbocycles. The van der Waals surface area contributed by atoms with Gasteiger partial charge in [0.1, 0.15) is 17.3 Å². The van der Waals surface area contributed by atoms with E-state index in [4.69, 9.17) is 0 Å². The lowest BCUT2D eigenvalue weighted by molar-refractivity contribution is 0.516. The van der Waals surface area contributed by atoms with E-state index in [9.17, 15) is 8.78 Å². The largest absolute Gasteiger partial charge is 0.367 e. The molecule has 0 aliphatic heterocycles. The molecule has 2 rings (SSSR count). The van der Waals surface area contributed by atoms with Crippen LogP contribution in [-0.4, -0.2) is 19.6 Å². The van der Waals surface area contributed by atoms with Crippen LogP contribution in [0.4, 0.5) is 14.5 Å². The third-order valence-electron chi connectivity index (χ3n) is 4.38. The first-order valence-corrected chi connectivity index (χ1v) is 8.05. The van der Waals surface area contributed by atoms with E-state index in [-0.39, 0.29) is 11.7 Å². The fraction of sp³-hybridized carbons (Fsp3) is 0.647. The Kier molecular flexibility index (Phi) is 5.97. The number of hydrogen-bond acceptors (Lipinski definition) is 2. The Morgan fingerprint density at radius 3 is 2.19 bits per heavy atom. The molecule has 0 bridgehead atoms. The highest BCUT2D eigenvalue weighted by molar-refractivity contribution is 5.51. The maximum Gasteiger partial charge on any atom is 0.149 e. The SMILES string of the molecule is CCNCc1cc(F)c(N(C)C2CCCCCC2)c(F)c1. The summed E-state index contributed by atoms with van der Waals surface area (Å²) in [5, 5.41) is 3.09. The van der Waals surface area contributed by atoms with Gasteiger partial charge in [0.2, 0.25) is 0 Å². The normalized spacial score (nSPS) is 16.8. The average Bonchev–Trinajstić information content (AvgIpc) is 2.73. The van der Waals surface area contributed by atoms with Crippen LogP contribution >= 0.6 is 0 Å². The van der Waals surface area contributed by atoms with E-state index in [1.54, 1.807) is 0 Å². The molecule has 0 atom stereocenters. The third kappa shape index (κ3) is 4.16. The van der Waals surface area contributed by atoms with Crippen molar-refractivity contribution in [2.75, 3.05) is 18.5 Å². The molecule has 0 heterocycles. The zero-order valence-electron chi connectivity index (χ0n) is 13.1. The molecule has 2 nitrogen and oxygen atoms in total. The van der Waals surface area contributed by atoms with Gasteiger partial charge in [-0.15, -0.1) is 0 Å².